The number of primary amides is 1. The summed E-state index contributed by atoms with van der Waals surface area (Å²) in [7, 11) is 0. The Hall–Kier alpha value is -9.90. The molecule has 0 bridgehead atoms. The molecule has 1 rings (SSSR count). The van der Waals surface area contributed by atoms with Gasteiger partial charge in [-0.3, -0.25) is 72.5 Å². The smallest absolute Gasteiger partial charge is 0.326 e. The summed E-state index contributed by atoms with van der Waals surface area (Å²) in [6, 6.07) is -6.24. The van der Waals surface area contributed by atoms with Gasteiger partial charge < -0.3 is 109 Å². The lowest BCUT2D eigenvalue weighted by atomic mass is 10.00. The van der Waals surface area contributed by atoms with Crippen molar-refractivity contribution in [2.24, 2.45) is 78.6 Å². The number of benzene rings is 1. The molecule has 0 fully saturated rings. The van der Waals surface area contributed by atoms with Crippen molar-refractivity contribution in [2.75, 3.05) is 26.2 Å². The molecular formula is C59H101N21O15. The molecule has 36 nitrogen and oxygen atoms in total. The van der Waals surface area contributed by atoms with E-state index in [1.54, 1.807) is 71.9 Å². The molecule has 0 aromatic heterocycles. The quantitative estimate of drug-likeness (QED) is 0.0164. The second kappa shape index (κ2) is 43.8. The summed E-state index contributed by atoms with van der Waals surface area (Å²) >= 11 is 0. The Bertz CT molecular complexity index is 2830. The van der Waals surface area contributed by atoms with Crippen molar-refractivity contribution in [1.29, 1.82) is 0 Å². The second-order valence-corrected chi connectivity index (χ2v) is 24.0. The van der Waals surface area contributed by atoms with Crippen LogP contribution in [0.3, 0.4) is 0 Å². The number of carboxylic acid groups (broad SMARTS) is 2. The first-order chi connectivity index (χ1) is 44.5. The Morgan fingerprint density at radius 1 is 0.421 bits per heavy atom. The first kappa shape index (κ1) is 83.1. The van der Waals surface area contributed by atoms with Crippen molar-refractivity contribution in [3.8, 4) is 0 Å². The number of aliphatic imine (C=N–C) groups is 3. The molecule has 0 spiro atoms. The minimum Gasteiger partial charge on any atom is -0.481 e. The van der Waals surface area contributed by atoms with Crippen molar-refractivity contribution in [3.05, 3.63) is 35.9 Å². The van der Waals surface area contributed by atoms with E-state index in [2.05, 4.69) is 68.1 Å². The molecule has 0 aliphatic heterocycles. The minimum absolute atomic E-state index is 0.0335. The van der Waals surface area contributed by atoms with E-state index in [4.69, 9.17) is 45.9 Å². The fourth-order valence-electron chi connectivity index (χ4n) is 9.16. The normalized spacial score (nSPS) is 14.1. The third-order valence-electron chi connectivity index (χ3n) is 13.9. The number of hydrogen-bond donors (Lipinski definition) is 20. The van der Waals surface area contributed by atoms with E-state index in [-0.39, 0.29) is 113 Å². The molecule has 0 aliphatic carbocycles. The average molecular weight is 1340 g/mol. The highest BCUT2D eigenvalue weighted by molar-refractivity contribution is 5.99. The van der Waals surface area contributed by atoms with Gasteiger partial charge in [0.1, 0.15) is 54.4 Å². The number of aliphatic carboxylic acids is 2. The van der Waals surface area contributed by atoms with E-state index in [1.807, 2.05) is 0 Å². The molecule has 28 N–H and O–H groups in total. The van der Waals surface area contributed by atoms with Gasteiger partial charge in [0.05, 0.1) is 19.0 Å². The zero-order chi connectivity index (χ0) is 72.1. The Morgan fingerprint density at radius 2 is 0.789 bits per heavy atom. The maximum atomic E-state index is 14.5. The summed E-state index contributed by atoms with van der Waals surface area (Å²) in [5.74, 6) is -14.4. The predicted molar refractivity (Wildman–Crippen MR) is 351 cm³/mol. The fourth-order valence-corrected chi connectivity index (χ4v) is 9.16. The van der Waals surface area contributed by atoms with Crippen LogP contribution in [0.5, 0.6) is 0 Å². The average Bonchev–Trinajstić information content (AvgIpc) is 0.887. The lowest BCUT2D eigenvalue weighted by Crippen LogP contribution is -2.61. The fraction of sp³-hybridized carbons (Fsp3) is 0.627. The van der Waals surface area contributed by atoms with Gasteiger partial charge in [0.25, 0.3) is 0 Å². The molecule has 0 saturated carbocycles. The number of amides is 11. The van der Waals surface area contributed by atoms with Crippen molar-refractivity contribution < 1.29 is 72.5 Å². The highest BCUT2D eigenvalue weighted by atomic mass is 16.4. The number of carbonyl (C=O) groups excluding carboxylic acids is 11. The van der Waals surface area contributed by atoms with E-state index in [0.717, 1.165) is 0 Å². The van der Waals surface area contributed by atoms with Crippen molar-refractivity contribution in [1.82, 2.24) is 53.2 Å². The van der Waals surface area contributed by atoms with Crippen LogP contribution in [0.25, 0.3) is 0 Å². The Balaban J connectivity index is 3.58. The topological polar surface area (TPSA) is 628 Å². The zero-order valence-electron chi connectivity index (χ0n) is 55.1. The summed E-state index contributed by atoms with van der Waals surface area (Å²) in [5.41, 5.74) is 44.9. The van der Waals surface area contributed by atoms with Crippen molar-refractivity contribution in [3.63, 3.8) is 0 Å². The molecule has 10 atom stereocenters. The number of nitrogens with one attached hydrogen (secondary N) is 10. The molecular weight excluding hydrogens is 1240 g/mol. The SMILES string of the molecule is CC(C)C[C@H](NC(=O)[C@H](CC(C)C)NC(=O)CNC(=O)[C@H](C)NC(=O)[C@H](CCC(=O)O)NC(=O)[C@H](Cc1ccccc1)NC(=O)[C@H](CC(C)C)NC(=O)[C@H](CC(N)=O)NC(=O)[C@H](CCCN=C(N)N)NC(=O)[C@H](CCCN=C(N)N)NC(=O)[C@@H](N)CCCN=C(N)N)C(=O)O. The first-order valence-electron chi connectivity index (χ1n) is 31.2. The van der Waals surface area contributed by atoms with Crippen LogP contribution >= 0.6 is 0 Å². The monoisotopic (exact) mass is 1340 g/mol. The third kappa shape index (κ3) is 36.2. The molecule has 11 amide bonds. The largest absolute Gasteiger partial charge is 0.481 e. The minimum atomic E-state index is -1.82. The summed E-state index contributed by atoms with van der Waals surface area (Å²) in [6.07, 6.45) is -1.89. The maximum absolute atomic E-state index is 14.5. The molecule has 1 aromatic carbocycles. The van der Waals surface area contributed by atoms with Crippen LogP contribution in [-0.2, 0) is 68.7 Å². The lowest BCUT2D eigenvalue weighted by molar-refractivity contribution is -0.143. The molecule has 36 heteroatoms. The van der Waals surface area contributed by atoms with Crippen LogP contribution in [0, 0.1) is 17.8 Å². The summed E-state index contributed by atoms with van der Waals surface area (Å²) in [4.78, 5) is 186. The van der Waals surface area contributed by atoms with Gasteiger partial charge in [0.15, 0.2) is 17.9 Å². The number of hydrogen-bond acceptors (Lipinski definition) is 17. The second-order valence-electron chi connectivity index (χ2n) is 24.0. The number of carbonyl (C=O) groups is 13. The van der Waals surface area contributed by atoms with Crippen LogP contribution in [-0.4, -0.2) is 192 Å². The summed E-state index contributed by atoms with van der Waals surface area (Å²) < 4.78 is 0. The lowest BCUT2D eigenvalue weighted by Gasteiger charge is -2.28. The van der Waals surface area contributed by atoms with Gasteiger partial charge >= 0.3 is 11.9 Å². The molecule has 95 heavy (non-hydrogen) atoms. The van der Waals surface area contributed by atoms with E-state index >= 15 is 0 Å². The Kier molecular flexibility index (Phi) is 38.4. The van der Waals surface area contributed by atoms with E-state index in [9.17, 15) is 72.5 Å². The van der Waals surface area contributed by atoms with E-state index in [0.29, 0.717) is 12.0 Å². The number of rotatable bonds is 46. The first-order valence-corrected chi connectivity index (χ1v) is 31.2. The maximum Gasteiger partial charge on any atom is 0.326 e. The van der Waals surface area contributed by atoms with Crippen LogP contribution in [0.1, 0.15) is 131 Å². The molecule has 1 aromatic rings. The predicted octanol–water partition coefficient (Wildman–Crippen LogP) is -5.82. The summed E-state index contributed by atoms with van der Waals surface area (Å²) in [6.45, 7) is 11.2. The highest BCUT2D eigenvalue weighted by Gasteiger charge is 2.36. The van der Waals surface area contributed by atoms with Gasteiger partial charge in [0.2, 0.25) is 65.0 Å². The van der Waals surface area contributed by atoms with Crippen LogP contribution in [0.4, 0.5) is 0 Å². The number of nitrogens with zero attached hydrogens (tertiary/aromatic N) is 3. The number of guanidine groups is 3. The molecule has 0 saturated heterocycles. The van der Waals surface area contributed by atoms with Gasteiger partial charge in [-0.15, -0.1) is 0 Å². The van der Waals surface area contributed by atoms with Gasteiger partial charge in [-0.1, -0.05) is 71.9 Å². The number of nitrogens with two attached hydrogens (primary N) is 8. The van der Waals surface area contributed by atoms with Gasteiger partial charge in [0, 0.05) is 32.5 Å². The highest BCUT2D eigenvalue weighted by Crippen LogP contribution is 2.13. The third-order valence-corrected chi connectivity index (χ3v) is 13.9. The van der Waals surface area contributed by atoms with Crippen LogP contribution in [0.2, 0.25) is 0 Å². The molecule has 532 valence electrons. The van der Waals surface area contributed by atoms with Crippen LogP contribution < -0.4 is 99.0 Å². The standard InChI is InChI=1S/C59H101N21O15/c1-30(2)24-39(52(90)80-43(56(94)95)26-32(5)6)73-45(82)29-71-47(85)33(7)72-49(87)38(19-20-46(83)84)76-54(92)41(27-34-14-9-8-10-15-34)78-53(91)40(25-31(3)4)77-55(93)42(28-44(61)81)79-51(89)37(18-13-23-70-59(66)67)75-50(88)36(17-12-22-69-58(64)65)74-48(86)35(60)16-11-21-68-57(62)63/h8-10,14-15,30-33,35-43H,11-13,16-29,60H2,1-7H3,(H2,61,81)(H,71,85)(H,72,87)(H,73,82)(H,74,86)(H,75,88)(H,76,92)(H,77,93)(H,78,91)(H,79,89)(H,80,90)(H,83,84)(H,94,95)(H4,62,63,68)(H4,64,65,69)(H4,66,67,70)/t33-,35-,36-,37-,38-,39-,40-,41-,42-,43-/m0/s1. The Labute approximate surface area is 551 Å². The van der Waals surface area contributed by atoms with Crippen molar-refractivity contribution in [2.45, 2.75) is 192 Å². The van der Waals surface area contributed by atoms with Gasteiger partial charge in [-0.2, -0.15) is 0 Å². The van der Waals surface area contributed by atoms with Gasteiger partial charge in [-0.25, -0.2) is 4.79 Å². The van der Waals surface area contributed by atoms with Crippen molar-refractivity contribution >= 4 is 94.8 Å². The molecule has 0 unspecified atom stereocenters. The van der Waals surface area contributed by atoms with Gasteiger partial charge in [-0.05, 0) is 94.4 Å². The summed E-state index contributed by atoms with van der Waals surface area (Å²) in [5, 5.41) is 44.1. The Morgan fingerprint density at radius 3 is 1.24 bits per heavy atom. The molecule has 0 radical (unpaired) electrons. The van der Waals surface area contributed by atoms with E-state index < -0.39 is 163 Å². The molecule has 0 aliphatic rings. The van der Waals surface area contributed by atoms with E-state index in [1.165, 1.54) is 6.92 Å². The molecule has 0 heterocycles. The zero-order valence-corrected chi connectivity index (χ0v) is 55.1. The van der Waals surface area contributed by atoms with Crippen LogP contribution in [0.15, 0.2) is 45.3 Å². The number of carboxylic acids is 2.